The number of aryl methyl sites for hydroxylation is 1. The molecule has 0 spiro atoms. The lowest BCUT2D eigenvalue weighted by molar-refractivity contribution is 0.400. The highest BCUT2D eigenvalue weighted by Gasteiger charge is 2.23. The van der Waals surface area contributed by atoms with Gasteiger partial charge in [-0.25, -0.2) is 4.98 Å². The molecular formula is C12H15N3. The Labute approximate surface area is 89.2 Å². The van der Waals surface area contributed by atoms with E-state index in [9.17, 15) is 0 Å². The van der Waals surface area contributed by atoms with Crippen molar-refractivity contribution in [1.82, 2.24) is 14.4 Å². The number of nitrogens with zero attached hydrogens (tertiary/aromatic N) is 3. The molecule has 15 heavy (non-hydrogen) atoms. The van der Waals surface area contributed by atoms with Crippen molar-refractivity contribution in [2.45, 2.75) is 38.5 Å². The van der Waals surface area contributed by atoms with E-state index in [2.05, 4.69) is 21.3 Å². The van der Waals surface area contributed by atoms with Gasteiger partial charge in [0.05, 0.1) is 17.4 Å². The molecule has 0 N–H and O–H groups in total. The first-order valence-corrected chi connectivity index (χ1v) is 5.71. The molecule has 1 saturated carbocycles. The Morgan fingerprint density at radius 2 is 2.27 bits per heavy atom. The quantitative estimate of drug-likeness (QED) is 0.747. The van der Waals surface area contributed by atoms with E-state index in [-0.39, 0.29) is 0 Å². The van der Waals surface area contributed by atoms with E-state index in [1.54, 1.807) is 0 Å². The zero-order chi connectivity index (χ0) is 10.3. The smallest absolute Gasteiger partial charge is 0.116 e. The predicted octanol–water partition coefficient (Wildman–Crippen LogP) is 2.56. The van der Waals surface area contributed by atoms with Gasteiger partial charge in [-0.2, -0.15) is 0 Å². The third-order valence-electron chi connectivity index (χ3n) is 3.37. The minimum Gasteiger partial charge on any atom is -0.300 e. The summed E-state index contributed by atoms with van der Waals surface area (Å²) in [5.74, 6) is 1.91. The molecule has 3 heteroatoms. The van der Waals surface area contributed by atoms with E-state index in [4.69, 9.17) is 0 Å². The molecule has 3 nitrogen and oxygen atoms in total. The number of hydrogen-bond acceptors (Lipinski definition) is 2. The van der Waals surface area contributed by atoms with Crippen molar-refractivity contribution >= 4 is 5.52 Å². The van der Waals surface area contributed by atoms with Crippen molar-refractivity contribution in [3.63, 3.8) is 0 Å². The minimum absolute atomic E-state index is 0.680. The summed E-state index contributed by atoms with van der Waals surface area (Å²) in [4.78, 5) is 8.93. The molecular weight excluding hydrogens is 186 g/mol. The average Bonchev–Trinajstić information content (AvgIpc) is 2.59. The first-order valence-electron chi connectivity index (χ1n) is 5.71. The predicted molar refractivity (Wildman–Crippen MR) is 59.0 cm³/mol. The number of hydrogen-bond donors (Lipinski definition) is 0. The minimum atomic E-state index is 0.680. The molecule has 1 aliphatic carbocycles. The van der Waals surface area contributed by atoms with Crippen molar-refractivity contribution in [3.8, 4) is 0 Å². The standard InChI is InChI=1S/C12H15N3/c1-2-10-11-8-14-12(9-4-3-5-9)15(11)7-6-13-10/h6-9H,2-5H2,1H3. The van der Waals surface area contributed by atoms with Crippen LogP contribution >= 0.6 is 0 Å². The fourth-order valence-electron chi connectivity index (χ4n) is 2.24. The second-order valence-electron chi connectivity index (χ2n) is 4.23. The fraction of sp³-hybridized carbons (Fsp3) is 0.500. The van der Waals surface area contributed by atoms with Crippen molar-refractivity contribution in [3.05, 3.63) is 30.1 Å². The molecule has 0 atom stereocenters. The molecule has 2 aromatic heterocycles. The third-order valence-corrected chi connectivity index (χ3v) is 3.37. The van der Waals surface area contributed by atoms with Gasteiger partial charge in [-0.1, -0.05) is 13.3 Å². The first-order chi connectivity index (χ1) is 7.40. The second kappa shape index (κ2) is 3.33. The molecule has 78 valence electrons. The van der Waals surface area contributed by atoms with Gasteiger partial charge < -0.3 is 4.40 Å². The summed E-state index contributed by atoms with van der Waals surface area (Å²) in [6.45, 7) is 2.14. The van der Waals surface area contributed by atoms with Gasteiger partial charge in [0.15, 0.2) is 0 Å². The van der Waals surface area contributed by atoms with Crippen molar-refractivity contribution in [1.29, 1.82) is 0 Å². The molecule has 0 unspecified atom stereocenters. The zero-order valence-corrected chi connectivity index (χ0v) is 8.98. The van der Waals surface area contributed by atoms with Gasteiger partial charge in [-0.3, -0.25) is 4.98 Å². The highest BCUT2D eigenvalue weighted by Crippen LogP contribution is 2.35. The van der Waals surface area contributed by atoms with E-state index in [1.165, 1.54) is 30.6 Å². The van der Waals surface area contributed by atoms with E-state index < -0.39 is 0 Å². The van der Waals surface area contributed by atoms with Crippen LogP contribution in [0.15, 0.2) is 18.6 Å². The molecule has 1 aliphatic rings. The van der Waals surface area contributed by atoms with Crippen LogP contribution in [0.25, 0.3) is 5.52 Å². The molecule has 1 fully saturated rings. The first kappa shape index (κ1) is 8.89. The summed E-state index contributed by atoms with van der Waals surface area (Å²) < 4.78 is 2.22. The SMILES string of the molecule is CCc1nccn2c(C3CCC3)ncc12. The lowest BCUT2D eigenvalue weighted by Gasteiger charge is -2.24. The topological polar surface area (TPSA) is 30.2 Å². The monoisotopic (exact) mass is 201 g/mol. The Bertz CT molecular complexity index is 483. The molecule has 2 aromatic rings. The van der Waals surface area contributed by atoms with Gasteiger partial charge in [0.25, 0.3) is 0 Å². The largest absolute Gasteiger partial charge is 0.300 e. The van der Waals surface area contributed by atoms with Crippen LogP contribution in [0.2, 0.25) is 0 Å². The Morgan fingerprint density at radius 1 is 1.40 bits per heavy atom. The molecule has 0 radical (unpaired) electrons. The van der Waals surface area contributed by atoms with E-state index >= 15 is 0 Å². The summed E-state index contributed by atoms with van der Waals surface area (Å²) >= 11 is 0. The summed E-state index contributed by atoms with van der Waals surface area (Å²) in [6, 6.07) is 0. The third kappa shape index (κ3) is 1.26. The highest BCUT2D eigenvalue weighted by atomic mass is 15.0. The Morgan fingerprint density at radius 3 is 2.93 bits per heavy atom. The lowest BCUT2D eigenvalue weighted by Crippen LogP contribution is -2.12. The van der Waals surface area contributed by atoms with E-state index in [0.717, 1.165) is 12.1 Å². The number of aromatic nitrogens is 3. The summed E-state index contributed by atoms with van der Waals surface area (Å²) in [5.41, 5.74) is 2.33. The highest BCUT2D eigenvalue weighted by molar-refractivity contribution is 5.51. The summed E-state index contributed by atoms with van der Waals surface area (Å²) in [5, 5.41) is 0. The average molecular weight is 201 g/mol. The van der Waals surface area contributed by atoms with Gasteiger partial charge >= 0.3 is 0 Å². The summed E-state index contributed by atoms with van der Waals surface area (Å²) in [6.07, 6.45) is 10.8. The van der Waals surface area contributed by atoms with Crippen LogP contribution in [0.4, 0.5) is 0 Å². The Kier molecular flexibility index (Phi) is 1.97. The number of rotatable bonds is 2. The molecule has 0 aromatic carbocycles. The molecule has 0 aliphatic heterocycles. The van der Waals surface area contributed by atoms with Crippen LogP contribution in [0.1, 0.15) is 43.6 Å². The zero-order valence-electron chi connectivity index (χ0n) is 8.98. The molecule has 0 saturated heterocycles. The van der Waals surface area contributed by atoms with Crippen LogP contribution in [0.3, 0.4) is 0 Å². The van der Waals surface area contributed by atoms with E-state index in [0.29, 0.717) is 5.92 Å². The summed E-state index contributed by atoms with van der Waals surface area (Å²) in [7, 11) is 0. The van der Waals surface area contributed by atoms with Crippen LogP contribution in [0.5, 0.6) is 0 Å². The van der Waals surface area contributed by atoms with Crippen LogP contribution < -0.4 is 0 Å². The van der Waals surface area contributed by atoms with Gasteiger partial charge in [-0.05, 0) is 19.3 Å². The van der Waals surface area contributed by atoms with Crippen molar-refractivity contribution < 1.29 is 0 Å². The molecule has 2 heterocycles. The molecule has 3 rings (SSSR count). The van der Waals surface area contributed by atoms with Crippen LogP contribution in [-0.2, 0) is 6.42 Å². The lowest BCUT2D eigenvalue weighted by atomic mass is 9.85. The normalized spacial score (nSPS) is 16.9. The van der Waals surface area contributed by atoms with Crippen molar-refractivity contribution in [2.24, 2.45) is 0 Å². The Balaban J connectivity index is 2.16. The second-order valence-corrected chi connectivity index (χ2v) is 4.23. The maximum Gasteiger partial charge on any atom is 0.116 e. The molecule has 0 bridgehead atoms. The Hall–Kier alpha value is -1.38. The van der Waals surface area contributed by atoms with Crippen LogP contribution in [0, 0.1) is 0 Å². The van der Waals surface area contributed by atoms with Gasteiger partial charge in [0.1, 0.15) is 5.82 Å². The maximum absolute atomic E-state index is 4.55. The van der Waals surface area contributed by atoms with Crippen LogP contribution in [-0.4, -0.2) is 14.4 Å². The van der Waals surface area contributed by atoms with Gasteiger partial charge in [-0.15, -0.1) is 0 Å². The van der Waals surface area contributed by atoms with Crippen molar-refractivity contribution in [2.75, 3.05) is 0 Å². The number of fused-ring (bicyclic) bond motifs is 1. The number of imidazole rings is 1. The van der Waals surface area contributed by atoms with Gasteiger partial charge in [0.2, 0.25) is 0 Å². The fourth-order valence-corrected chi connectivity index (χ4v) is 2.24. The molecule has 0 amide bonds. The van der Waals surface area contributed by atoms with E-state index in [1.807, 2.05) is 18.6 Å². The maximum atomic E-state index is 4.55. The van der Waals surface area contributed by atoms with Gasteiger partial charge in [0, 0.05) is 18.3 Å².